The van der Waals surface area contributed by atoms with Crippen molar-refractivity contribution in [3.05, 3.63) is 36.4 Å². The van der Waals surface area contributed by atoms with Crippen LogP contribution in [0.5, 0.6) is 5.75 Å². The van der Waals surface area contributed by atoms with E-state index in [9.17, 15) is 4.79 Å². The Morgan fingerprint density at radius 2 is 2.06 bits per heavy atom. The molecule has 0 aromatic heterocycles. The zero-order valence-corrected chi connectivity index (χ0v) is 10.8. The molecule has 1 rings (SSSR count). The number of nitrogens with one attached hydrogen (secondary N) is 1. The molecule has 0 aliphatic heterocycles. The number of anilines is 1. The van der Waals surface area contributed by atoms with E-state index >= 15 is 0 Å². The molecule has 0 aliphatic carbocycles. The lowest BCUT2D eigenvalue weighted by atomic mass is 10.2. The lowest BCUT2D eigenvalue weighted by molar-refractivity contribution is -0.111. The molecule has 0 fully saturated rings. The highest BCUT2D eigenvalue weighted by Crippen LogP contribution is 2.21. The molecule has 3 heteroatoms. The van der Waals surface area contributed by atoms with E-state index in [2.05, 4.69) is 5.32 Å². The summed E-state index contributed by atoms with van der Waals surface area (Å²) < 4.78 is 5.71. The summed E-state index contributed by atoms with van der Waals surface area (Å²) in [7, 11) is 0. The van der Waals surface area contributed by atoms with Crippen LogP contribution in [0.15, 0.2) is 36.4 Å². The fraction of sp³-hybridized carbons (Fsp3) is 0.357. The van der Waals surface area contributed by atoms with Crippen LogP contribution in [0.2, 0.25) is 0 Å². The summed E-state index contributed by atoms with van der Waals surface area (Å²) in [5.74, 6) is 0.608. The molecule has 0 saturated carbocycles. The van der Waals surface area contributed by atoms with Crippen LogP contribution in [0.1, 0.15) is 27.7 Å². The van der Waals surface area contributed by atoms with E-state index in [4.69, 9.17) is 4.74 Å². The lowest BCUT2D eigenvalue weighted by Gasteiger charge is -2.21. The maximum Gasteiger partial charge on any atom is 0.248 e. The van der Waals surface area contributed by atoms with Gasteiger partial charge in [0.05, 0.1) is 0 Å². The molecule has 1 aromatic rings. The number of carbonyl (C=O) groups is 1. The van der Waals surface area contributed by atoms with Crippen LogP contribution in [0, 0.1) is 0 Å². The summed E-state index contributed by atoms with van der Waals surface area (Å²) in [6.07, 6.45) is 3.18. The van der Waals surface area contributed by atoms with E-state index in [-0.39, 0.29) is 11.5 Å². The Morgan fingerprint density at radius 3 is 2.65 bits per heavy atom. The van der Waals surface area contributed by atoms with Crippen molar-refractivity contribution in [2.24, 2.45) is 0 Å². The van der Waals surface area contributed by atoms with E-state index < -0.39 is 0 Å². The average molecular weight is 233 g/mol. The van der Waals surface area contributed by atoms with Gasteiger partial charge in [-0.05, 0) is 45.9 Å². The lowest BCUT2D eigenvalue weighted by Crippen LogP contribution is -2.23. The fourth-order valence-corrected chi connectivity index (χ4v) is 1.33. The summed E-state index contributed by atoms with van der Waals surface area (Å²) in [5, 5.41) is 2.76. The molecule has 92 valence electrons. The minimum atomic E-state index is -0.244. The Labute approximate surface area is 102 Å². The first kappa shape index (κ1) is 13.3. The van der Waals surface area contributed by atoms with Crippen LogP contribution in [0.4, 0.5) is 5.69 Å². The van der Waals surface area contributed by atoms with Crippen molar-refractivity contribution in [3.63, 3.8) is 0 Å². The number of ether oxygens (including phenoxy) is 1. The van der Waals surface area contributed by atoms with Gasteiger partial charge >= 0.3 is 0 Å². The predicted octanol–water partition coefficient (Wildman–Crippen LogP) is 3.38. The third-order valence-corrected chi connectivity index (χ3v) is 1.84. The van der Waals surface area contributed by atoms with Crippen molar-refractivity contribution in [1.29, 1.82) is 0 Å². The highest BCUT2D eigenvalue weighted by molar-refractivity contribution is 5.99. The van der Waals surface area contributed by atoms with Gasteiger partial charge in [0.15, 0.2) is 0 Å². The van der Waals surface area contributed by atoms with Gasteiger partial charge in [0.1, 0.15) is 11.4 Å². The molecule has 1 aromatic carbocycles. The number of amides is 1. The molecule has 17 heavy (non-hydrogen) atoms. The van der Waals surface area contributed by atoms with Gasteiger partial charge in [-0.2, -0.15) is 0 Å². The SMILES string of the molecule is C/C=C/C(=O)Nc1cccc(OC(C)(C)C)c1. The molecule has 0 saturated heterocycles. The van der Waals surface area contributed by atoms with Crippen molar-refractivity contribution in [2.45, 2.75) is 33.3 Å². The Morgan fingerprint density at radius 1 is 1.35 bits per heavy atom. The summed E-state index contributed by atoms with van der Waals surface area (Å²) in [6, 6.07) is 7.37. The largest absolute Gasteiger partial charge is 0.488 e. The second kappa shape index (κ2) is 5.53. The summed E-state index contributed by atoms with van der Waals surface area (Å²) in [6.45, 7) is 7.76. The third kappa shape index (κ3) is 5.20. The molecule has 0 heterocycles. The number of allylic oxidation sites excluding steroid dienone is 1. The maximum atomic E-state index is 11.4. The number of rotatable bonds is 3. The molecular formula is C14H19NO2. The molecule has 3 nitrogen and oxygen atoms in total. The Kier molecular flexibility index (Phi) is 4.32. The van der Waals surface area contributed by atoms with Gasteiger partial charge in [0.25, 0.3) is 0 Å². The van der Waals surface area contributed by atoms with Gasteiger partial charge < -0.3 is 10.1 Å². The Balaban J connectivity index is 2.76. The van der Waals surface area contributed by atoms with E-state index in [0.29, 0.717) is 0 Å². The maximum absolute atomic E-state index is 11.4. The first-order valence-corrected chi connectivity index (χ1v) is 5.63. The second-order valence-electron chi connectivity index (χ2n) is 4.73. The van der Waals surface area contributed by atoms with Gasteiger partial charge in [-0.15, -0.1) is 0 Å². The molecule has 0 bridgehead atoms. The van der Waals surface area contributed by atoms with Gasteiger partial charge in [0, 0.05) is 11.8 Å². The number of hydrogen-bond donors (Lipinski definition) is 1. The first-order valence-electron chi connectivity index (χ1n) is 5.63. The normalized spacial score (nSPS) is 11.5. The van der Waals surface area contributed by atoms with Gasteiger partial charge in [0.2, 0.25) is 5.91 Å². The van der Waals surface area contributed by atoms with Gasteiger partial charge in [-0.3, -0.25) is 4.79 Å². The topological polar surface area (TPSA) is 38.3 Å². The average Bonchev–Trinajstić information content (AvgIpc) is 2.15. The van der Waals surface area contributed by atoms with Crippen molar-refractivity contribution in [1.82, 2.24) is 0 Å². The summed E-state index contributed by atoms with van der Waals surface area (Å²) in [5.41, 5.74) is 0.487. The first-order chi connectivity index (χ1) is 7.90. The Hall–Kier alpha value is -1.77. The molecule has 0 unspecified atom stereocenters. The van der Waals surface area contributed by atoms with Crippen LogP contribution in [-0.2, 0) is 4.79 Å². The van der Waals surface area contributed by atoms with E-state index in [1.807, 2.05) is 45.0 Å². The summed E-state index contributed by atoms with van der Waals surface area (Å²) >= 11 is 0. The number of benzene rings is 1. The molecule has 0 aliphatic rings. The molecule has 0 spiro atoms. The third-order valence-electron chi connectivity index (χ3n) is 1.84. The number of hydrogen-bond acceptors (Lipinski definition) is 2. The minimum Gasteiger partial charge on any atom is -0.488 e. The Bertz CT molecular complexity index is 416. The smallest absolute Gasteiger partial charge is 0.248 e. The minimum absolute atomic E-state index is 0.139. The van der Waals surface area contributed by atoms with Crippen molar-refractivity contribution in [3.8, 4) is 5.75 Å². The standard InChI is InChI=1S/C14H19NO2/c1-5-7-13(16)15-11-8-6-9-12(10-11)17-14(2,3)4/h5-10H,1-4H3,(H,15,16)/b7-5+. The van der Waals surface area contributed by atoms with E-state index in [0.717, 1.165) is 11.4 Å². The van der Waals surface area contributed by atoms with Crippen molar-refractivity contribution in [2.75, 3.05) is 5.32 Å². The number of carbonyl (C=O) groups excluding carboxylic acids is 1. The highest BCUT2D eigenvalue weighted by atomic mass is 16.5. The monoisotopic (exact) mass is 233 g/mol. The zero-order valence-electron chi connectivity index (χ0n) is 10.8. The fourth-order valence-electron chi connectivity index (χ4n) is 1.33. The molecule has 1 amide bonds. The van der Waals surface area contributed by atoms with Gasteiger partial charge in [-0.1, -0.05) is 12.1 Å². The van der Waals surface area contributed by atoms with Crippen LogP contribution in [-0.4, -0.2) is 11.5 Å². The van der Waals surface area contributed by atoms with Crippen molar-refractivity contribution < 1.29 is 9.53 Å². The van der Waals surface area contributed by atoms with Gasteiger partial charge in [-0.25, -0.2) is 0 Å². The second-order valence-corrected chi connectivity index (χ2v) is 4.73. The highest BCUT2D eigenvalue weighted by Gasteiger charge is 2.11. The van der Waals surface area contributed by atoms with Crippen LogP contribution in [0.3, 0.4) is 0 Å². The van der Waals surface area contributed by atoms with Crippen LogP contribution in [0.25, 0.3) is 0 Å². The van der Waals surface area contributed by atoms with Crippen LogP contribution >= 0.6 is 0 Å². The molecule has 0 radical (unpaired) electrons. The van der Waals surface area contributed by atoms with Crippen molar-refractivity contribution >= 4 is 11.6 Å². The predicted molar refractivity (Wildman–Crippen MR) is 70.3 cm³/mol. The zero-order chi connectivity index (χ0) is 12.9. The van der Waals surface area contributed by atoms with E-state index in [1.54, 1.807) is 13.0 Å². The summed E-state index contributed by atoms with van der Waals surface area (Å²) in [4.78, 5) is 11.4. The van der Waals surface area contributed by atoms with Crippen LogP contribution < -0.4 is 10.1 Å². The molecule has 0 atom stereocenters. The molecule has 1 N–H and O–H groups in total. The quantitative estimate of drug-likeness (QED) is 0.813. The van der Waals surface area contributed by atoms with E-state index in [1.165, 1.54) is 6.08 Å². The molecular weight excluding hydrogens is 214 g/mol.